The summed E-state index contributed by atoms with van der Waals surface area (Å²) in [5, 5.41) is 0. The van der Waals surface area contributed by atoms with Gasteiger partial charge in [-0.3, -0.25) is 9.59 Å². The highest BCUT2D eigenvalue weighted by atomic mass is 16.1. The summed E-state index contributed by atoms with van der Waals surface area (Å²) >= 11 is 0. The van der Waals surface area contributed by atoms with Gasteiger partial charge in [0.15, 0.2) is 0 Å². The van der Waals surface area contributed by atoms with E-state index in [4.69, 9.17) is 0 Å². The van der Waals surface area contributed by atoms with E-state index < -0.39 is 0 Å². The topological polar surface area (TPSA) is 34.1 Å². The molecular formula is C13H24O2. The van der Waals surface area contributed by atoms with E-state index in [2.05, 4.69) is 13.8 Å². The molecule has 0 aliphatic rings. The summed E-state index contributed by atoms with van der Waals surface area (Å²) in [6.07, 6.45) is 3.68. The van der Waals surface area contributed by atoms with Gasteiger partial charge in [0.1, 0.15) is 11.6 Å². The third-order valence-corrected chi connectivity index (χ3v) is 2.41. The highest BCUT2D eigenvalue weighted by molar-refractivity contribution is 5.80. The third kappa shape index (κ3) is 8.34. The Kier molecular flexibility index (Phi) is 7.27. The van der Waals surface area contributed by atoms with Crippen LogP contribution in [0.4, 0.5) is 0 Å². The Morgan fingerprint density at radius 1 is 0.933 bits per heavy atom. The first-order valence-electron chi connectivity index (χ1n) is 5.98. The Balaban J connectivity index is 3.46. The van der Waals surface area contributed by atoms with Crippen molar-refractivity contribution in [2.45, 2.75) is 59.8 Å². The van der Waals surface area contributed by atoms with Crippen molar-refractivity contribution in [3.63, 3.8) is 0 Å². The number of carbonyl (C=O) groups excluding carboxylic acids is 2. The standard InChI is InChI=1S/C13H24O2/c1-10(2)9-12(14)7-5-6-8-13(15)11(3)4/h10-11H,5-9H2,1-4H3. The Morgan fingerprint density at radius 3 is 1.93 bits per heavy atom. The van der Waals surface area contributed by atoms with Gasteiger partial charge in [-0.25, -0.2) is 0 Å². The van der Waals surface area contributed by atoms with Crippen molar-refractivity contribution in [1.29, 1.82) is 0 Å². The first-order valence-corrected chi connectivity index (χ1v) is 5.98. The predicted molar refractivity (Wildman–Crippen MR) is 62.8 cm³/mol. The van der Waals surface area contributed by atoms with Gasteiger partial charge in [-0.05, 0) is 18.8 Å². The molecule has 0 rings (SSSR count). The quantitative estimate of drug-likeness (QED) is 0.578. The SMILES string of the molecule is CC(C)CC(=O)CCCCC(=O)C(C)C. The molecule has 0 heterocycles. The number of Topliss-reactive ketones (excluding diaryl/α,β-unsaturated/α-hetero) is 2. The Morgan fingerprint density at radius 2 is 1.47 bits per heavy atom. The maximum absolute atomic E-state index is 11.3. The van der Waals surface area contributed by atoms with Gasteiger partial charge in [-0.1, -0.05) is 27.7 Å². The van der Waals surface area contributed by atoms with E-state index in [1.165, 1.54) is 0 Å². The zero-order chi connectivity index (χ0) is 11.8. The summed E-state index contributed by atoms with van der Waals surface area (Å²) in [6.45, 7) is 7.96. The monoisotopic (exact) mass is 212 g/mol. The van der Waals surface area contributed by atoms with Gasteiger partial charge in [0, 0.05) is 25.2 Å². The maximum Gasteiger partial charge on any atom is 0.135 e. The molecule has 0 amide bonds. The largest absolute Gasteiger partial charge is 0.300 e. The van der Waals surface area contributed by atoms with E-state index in [-0.39, 0.29) is 5.92 Å². The molecule has 0 spiro atoms. The first-order chi connectivity index (χ1) is 6.93. The van der Waals surface area contributed by atoms with Crippen molar-refractivity contribution in [1.82, 2.24) is 0 Å². The van der Waals surface area contributed by atoms with Crippen LogP contribution in [0.2, 0.25) is 0 Å². The fraction of sp³-hybridized carbons (Fsp3) is 0.846. The van der Waals surface area contributed by atoms with Crippen molar-refractivity contribution in [2.24, 2.45) is 11.8 Å². The molecule has 0 saturated heterocycles. The van der Waals surface area contributed by atoms with Crippen molar-refractivity contribution < 1.29 is 9.59 Å². The van der Waals surface area contributed by atoms with Crippen molar-refractivity contribution in [3.8, 4) is 0 Å². The molecule has 0 bridgehead atoms. The average molecular weight is 212 g/mol. The normalized spacial score (nSPS) is 11.1. The minimum atomic E-state index is 0.136. The molecule has 0 radical (unpaired) electrons. The predicted octanol–water partition coefficient (Wildman–Crippen LogP) is 3.39. The molecule has 0 unspecified atom stereocenters. The summed E-state index contributed by atoms with van der Waals surface area (Å²) in [4.78, 5) is 22.6. The van der Waals surface area contributed by atoms with Crippen LogP contribution < -0.4 is 0 Å². The smallest absolute Gasteiger partial charge is 0.135 e. The summed E-state index contributed by atoms with van der Waals surface area (Å²) in [5.41, 5.74) is 0. The van der Waals surface area contributed by atoms with E-state index in [1.54, 1.807) is 0 Å². The van der Waals surface area contributed by atoms with Crippen LogP contribution in [0, 0.1) is 11.8 Å². The zero-order valence-corrected chi connectivity index (χ0v) is 10.5. The lowest BCUT2D eigenvalue weighted by Gasteiger charge is -2.05. The fourth-order valence-electron chi connectivity index (χ4n) is 1.47. The van der Waals surface area contributed by atoms with Crippen LogP contribution in [0.5, 0.6) is 0 Å². The van der Waals surface area contributed by atoms with E-state index in [0.29, 0.717) is 36.7 Å². The number of ketones is 2. The Hall–Kier alpha value is -0.660. The second-order valence-electron chi connectivity index (χ2n) is 4.96. The van der Waals surface area contributed by atoms with Crippen LogP contribution >= 0.6 is 0 Å². The Labute approximate surface area is 93.4 Å². The number of unbranched alkanes of at least 4 members (excludes halogenated alkanes) is 1. The van der Waals surface area contributed by atoms with E-state index in [9.17, 15) is 9.59 Å². The average Bonchev–Trinajstić information content (AvgIpc) is 2.10. The van der Waals surface area contributed by atoms with Crippen molar-refractivity contribution in [3.05, 3.63) is 0 Å². The lowest BCUT2D eigenvalue weighted by molar-refractivity contribution is -0.123. The molecular weight excluding hydrogens is 188 g/mol. The summed E-state index contributed by atoms with van der Waals surface area (Å²) in [7, 11) is 0. The van der Waals surface area contributed by atoms with Crippen molar-refractivity contribution in [2.75, 3.05) is 0 Å². The number of hydrogen-bond acceptors (Lipinski definition) is 2. The van der Waals surface area contributed by atoms with Crippen LogP contribution in [-0.4, -0.2) is 11.6 Å². The van der Waals surface area contributed by atoms with E-state index in [1.807, 2.05) is 13.8 Å². The van der Waals surface area contributed by atoms with E-state index >= 15 is 0 Å². The van der Waals surface area contributed by atoms with Crippen molar-refractivity contribution >= 4 is 11.6 Å². The lowest BCUT2D eigenvalue weighted by atomic mass is 9.99. The number of hydrogen-bond donors (Lipinski definition) is 0. The van der Waals surface area contributed by atoms with Crippen LogP contribution in [-0.2, 0) is 9.59 Å². The first kappa shape index (κ1) is 14.3. The molecule has 15 heavy (non-hydrogen) atoms. The van der Waals surface area contributed by atoms with Crippen LogP contribution in [0.3, 0.4) is 0 Å². The molecule has 0 aliphatic carbocycles. The third-order valence-electron chi connectivity index (χ3n) is 2.41. The highest BCUT2D eigenvalue weighted by Crippen LogP contribution is 2.09. The molecule has 0 saturated carbocycles. The maximum atomic E-state index is 11.3. The van der Waals surface area contributed by atoms with Gasteiger partial charge in [-0.15, -0.1) is 0 Å². The zero-order valence-electron chi connectivity index (χ0n) is 10.5. The Bertz CT molecular complexity index is 205. The number of carbonyl (C=O) groups is 2. The minimum absolute atomic E-state index is 0.136. The van der Waals surface area contributed by atoms with Gasteiger partial charge in [0.2, 0.25) is 0 Å². The molecule has 2 heteroatoms. The summed E-state index contributed by atoms with van der Waals surface area (Å²) in [6, 6.07) is 0. The van der Waals surface area contributed by atoms with Gasteiger partial charge < -0.3 is 0 Å². The van der Waals surface area contributed by atoms with Gasteiger partial charge in [-0.2, -0.15) is 0 Å². The van der Waals surface area contributed by atoms with Crippen LogP contribution in [0.1, 0.15) is 59.8 Å². The van der Waals surface area contributed by atoms with E-state index in [0.717, 1.165) is 12.8 Å². The fourth-order valence-corrected chi connectivity index (χ4v) is 1.47. The molecule has 0 aromatic heterocycles. The van der Waals surface area contributed by atoms with Gasteiger partial charge in [0.05, 0.1) is 0 Å². The summed E-state index contributed by atoms with van der Waals surface area (Å²) < 4.78 is 0. The lowest BCUT2D eigenvalue weighted by Crippen LogP contribution is -2.07. The molecule has 88 valence electrons. The van der Waals surface area contributed by atoms with Gasteiger partial charge in [0.25, 0.3) is 0 Å². The molecule has 0 aromatic carbocycles. The molecule has 0 N–H and O–H groups in total. The minimum Gasteiger partial charge on any atom is -0.300 e. The van der Waals surface area contributed by atoms with Gasteiger partial charge >= 0.3 is 0 Å². The van der Waals surface area contributed by atoms with Crippen LogP contribution in [0.15, 0.2) is 0 Å². The highest BCUT2D eigenvalue weighted by Gasteiger charge is 2.08. The number of rotatable bonds is 8. The molecule has 0 aliphatic heterocycles. The second-order valence-corrected chi connectivity index (χ2v) is 4.96. The molecule has 0 aromatic rings. The molecule has 0 fully saturated rings. The molecule has 0 atom stereocenters. The second kappa shape index (κ2) is 7.61. The molecule has 2 nitrogen and oxygen atoms in total. The summed E-state index contributed by atoms with van der Waals surface area (Å²) in [5.74, 6) is 1.24. The van der Waals surface area contributed by atoms with Crippen LogP contribution in [0.25, 0.3) is 0 Å².